The van der Waals surface area contributed by atoms with Gasteiger partial charge in [-0.25, -0.2) is 21.9 Å². The van der Waals surface area contributed by atoms with Crippen molar-refractivity contribution in [3.05, 3.63) is 29.8 Å². The molecule has 120 valence electrons. The molecule has 0 aliphatic rings. The van der Waals surface area contributed by atoms with Crippen LogP contribution in [0.2, 0.25) is 0 Å². The Hall–Kier alpha value is -1.05. The molecule has 0 saturated carbocycles. The predicted molar refractivity (Wildman–Crippen MR) is 78.5 cm³/mol. The molecular weight excluding hydrogens is 298 g/mol. The second-order valence-electron chi connectivity index (χ2n) is 5.40. The molecule has 0 fully saturated rings. The smallest absolute Gasteiger partial charge is 0.243 e. The topological polar surface area (TPSA) is 49.4 Å². The Kier molecular flexibility index (Phi) is 6.24. The highest BCUT2D eigenvalue weighted by atomic mass is 32.2. The maximum absolute atomic E-state index is 13.5. The molecule has 0 atom stereocenters. The van der Waals surface area contributed by atoms with Gasteiger partial charge in [-0.2, -0.15) is 0 Å². The van der Waals surface area contributed by atoms with Crippen LogP contribution in [0.25, 0.3) is 0 Å². The van der Waals surface area contributed by atoms with E-state index in [4.69, 9.17) is 0 Å². The first kappa shape index (κ1) is 18.0. The van der Waals surface area contributed by atoms with Gasteiger partial charge < -0.3 is 0 Å². The zero-order chi connectivity index (χ0) is 16.2. The molecule has 0 radical (unpaired) electrons. The molecular formula is C14H22F2N2O2S. The first-order chi connectivity index (χ1) is 9.65. The number of rotatable bonds is 7. The van der Waals surface area contributed by atoms with Crippen molar-refractivity contribution in [2.75, 3.05) is 13.1 Å². The Morgan fingerprint density at radius 1 is 1.14 bits per heavy atom. The summed E-state index contributed by atoms with van der Waals surface area (Å²) in [4.78, 5) is 1.58. The van der Waals surface area contributed by atoms with Gasteiger partial charge in [-0.3, -0.25) is 4.90 Å². The summed E-state index contributed by atoms with van der Waals surface area (Å²) >= 11 is 0. The van der Waals surface area contributed by atoms with E-state index in [1.54, 1.807) is 0 Å². The molecule has 0 aliphatic heterocycles. The molecule has 1 N–H and O–H groups in total. The van der Waals surface area contributed by atoms with E-state index in [0.717, 1.165) is 12.1 Å². The van der Waals surface area contributed by atoms with Crippen molar-refractivity contribution in [2.45, 2.75) is 44.7 Å². The average Bonchev–Trinajstić information content (AvgIpc) is 2.33. The maximum atomic E-state index is 13.5. The summed E-state index contributed by atoms with van der Waals surface area (Å²) in [5, 5.41) is 0. The van der Waals surface area contributed by atoms with Crippen LogP contribution in [-0.2, 0) is 10.0 Å². The molecule has 21 heavy (non-hydrogen) atoms. The highest BCUT2D eigenvalue weighted by Crippen LogP contribution is 2.15. The summed E-state index contributed by atoms with van der Waals surface area (Å²) in [5.74, 6) is -1.90. The van der Waals surface area contributed by atoms with Gasteiger partial charge in [-0.1, -0.05) is 0 Å². The summed E-state index contributed by atoms with van der Waals surface area (Å²) in [5.41, 5.74) is 0. The summed E-state index contributed by atoms with van der Waals surface area (Å²) in [6.07, 6.45) is 0. The van der Waals surface area contributed by atoms with Gasteiger partial charge in [0.2, 0.25) is 10.0 Å². The Balaban J connectivity index is 2.73. The van der Waals surface area contributed by atoms with E-state index in [9.17, 15) is 17.2 Å². The zero-order valence-electron chi connectivity index (χ0n) is 12.7. The van der Waals surface area contributed by atoms with Gasteiger partial charge in [-0.15, -0.1) is 0 Å². The predicted octanol–water partition coefficient (Wildman–Crippen LogP) is 2.36. The van der Waals surface area contributed by atoms with Crippen LogP contribution in [0.3, 0.4) is 0 Å². The van der Waals surface area contributed by atoms with Crippen molar-refractivity contribution >= 4 is 10.0 Å². The normalized spacial score (nSPS) is 12.6. The Morgan fingerprint density at radius 2 is 1.71 bits per heavy atom. The summed E-state index contributed by atoms with van der Waals surface area (Å²) in [6, 6.07) is 2.96. The number of sulfonamides is 1. The minimum absolute atomic E-state index is 0.162. The van der Waals surface area contributed by atoms with Crippen molar-refractivity contribution in [2.24, 2.45) is 0 Å². The molecule has 0 aliphatic carbocycles. The first-order valence-corrected chi connectivity index (χ1v) is 8.34. The zero-order valence-corrected chi connectivity index (χ0v) is 13.5. The van der Waals surface area contributed by atoms with Crippen LogP contribution in [-0.4, -0.2) is 38.5 Å². The van der Waals surface area contributed by atoms with E-state index in [0.29, 0.717) is 12.6 Å². The molecule has 1 aromatic rings. The largest absolute Gasteiger partial charge is 0.297 e. The van der Waals surface area contributed by atoms with Crippen LogP contribution in [0.4, 0.5) is 8.78 Å². The van der Waals surface area contributed by atoms with Crippen LogP contribution in [0.5, 0.6) is 0 Å². The lowest BCUT2D eigenvalue weighted by Crippen LogP contribution is -2.42. The lowest BCUT2D eigenvalue weighted by molar-refractivity contribution is 0.179. The SMILES string of the molecule is CC(C)N(CCNS(=O)(=O)c1ccc(F)cc1F)C(C)C. The number of hydrogen-bond donors (Lipinski definition) is 1. The van der Waals surface area contributed by atoms with Gasteiger partial charge in [-0.05, 0) is 39.8 Å². The Morgan fingerprint density at radius 3 is 2.19 bits per heavy atom. The van der Waals surface area contributed by atoms with Gasteiger partial charge in [0.15, 0.2) is 0 Å². The molecule has 0 saturated heterocycles. The fraction of sp³-hybridized carbons (Fsp3) is 0.571. The van der Waals surface area contributed by atoms with Crippen LogP contribution in [0.1, 0.15) is 27.7 Å². The minimum atomic E-state index is -3.97. The molecule has 1 aromatic carbocycles. The third kappa shape index (κ3) is 5.01. The summed E-state index contributed by atoms with van der Waals surface area (Å²) < 4.78 is 52.7. The van der Waals surface area contributed by atoms with Crippen LogP contribution in [0.15, 0.2) is 23.1 Å². The lowest BCUT2D eigenvalue weighted by Gasteiger charge is -2.30. The number of nitrogens with zero attached hydrogens (tertiary/aromatic N) is 1. The summed E-state index contributed by atoms with van der Waals surface area (Å²) in [7, 11) is -3.97. The fourth-order valence-electron chi connectivity index (χ4n) is 2.19. The van der Waals surface area contributed by atoms with E-state index in [1.165, 1.54) is 0 Å². The second-order valence-corrected chi connectivity index (χ2v) is 7.13. The van der Waals surface area contributed by atoms with E-state index >= 15 is 0 Å². The minimum Gasteiger partial charge on any atom is -0.297 e. The van der Waals surface area contributed by atoms with Gasteiger partial charge in [0, 0.05) is 31.2 Å². The van der Waals surface area contributed by atoms with E-state index in [-0.39, 0.29) is 18.6 Å². The van der Waals surface area contributed by atoms with Gasteiger partial charge in [0.05, 0.1) is 0 Å². The molecule has 0 bridgehead atoms. The number of nitrogens with one attached hydrogen (secondary N) is 1. The van der Waals surface area contributed by atoms with E-state index in [2.05, 4.69) is 9.62 Å². The number of halogens is 2. The molecule has 0 heterocycles. The molecule has 7 heteroatoms. The lowest BCUT2D eigenvalue weighted by atomic mass is 10.2. The van der Waals surface area contributed by atoms with Crippen molar-refractivity contribution in [1.82, 2.24) is 9.62 Å². The van der Waals surface area contributed by atoms with Crippen LogP contribution < -0.4 is 4.72 Å². The average molecular weight is 320 g/mol. The quantitative estimate of drug-likeness (QED) is 0.839. The standard InChI is InChI=1S/C14H22F2N2O2S/c1-10(2)18(11(3)4)8-7-17-21(19,20)14-6-5-12(15)9-13(14)16/h5-6,9-11,17H,7-8H2,1-4H3. The second kappa shape index (κ2) is 7.29. The highest BCUT2D eigenvalue weighted by Gasteiger charge is 2.20. The van der Waals surface area contributed by atoms with Crippen molar-refractivity contribution in [1.29, 1.82) is 0 Å². The Labute approximate surface area is 125 Å². The molecule has 0 unspecified atom stereocenters. The van der Waals surface area contributed by atoms with Crippen LogP contribution in [0, 0.1) is 11.6 Å². The van der Waals surface area contributed by atoms with Crippen molar-refractivity contribution < 1.29 is 17.2 Å². The van der Waals surface area contributed by atoms with Crippen LogP contribution >= 0.6 is 0 Å². The third-order valence-electron chi connectivity index (χ3n) is 3.17. The molecule has 4 nitrogen and oxygen atoms in total. The number of benzene rings is 1. The van der Waals surface area contributed by atoms with Gasteiger partial charge in [0.25, 0.3) is 0 Å². The van der Waals surface area contributed by atoms with Crippen molar-refractivity contribution in [3.63, 3.8) is 0 Å². The van der Waals surface area contributed by atoms with Gasteiger partial charge in [0.1, 0.15) is 16.5 Å². The summed E-state index contributed by atoms with van der Waals surface area (Å²) in [6.45, 7) is 8.76. The van der Waals surface area contributed by atoms with E-state index < -0.39 is 26.6 Å². The molecule has 1 rings (SSSR count). The Bertz CT molecular complexity index is 566. The maximum Gasteiger partial charge on any atom is 0.243 e. The van der Waals surface area contributed by atoms with Crippen molar-refractivity contribution in [3.8, 4) is 0 Å². The number of hydrogen-bond acceptors (Lipinski definition) is 3. The third-order valence-corrected chi connectivity index (χ3v) is 4.67. The highest BCUT2D eigenvalue weighted by molar-refractivity contribution is 7.89. The molecule has 0 amide bonds. The molecule has 0 aromatic heterocycles. The fourth-order valence-corrected chi connectivity index (χ4v) is 3.27. The monoisotopic (exact) mass is 320 g/mol. The first-order valence-electron chi connectivity index (χ1n) is 6.85. The van der Waals surface area contributed by atoms with Gasteiger partial charge >= 0.3 is 0 Å². The molecule has 0 spiro atoms. The van der Waals surface area contributed by atoms with E-state index in [1.807, 2.05) is 27.7 Å².